The molecule has 1 amide bonds. The normalized spacial score (nSPS) is 16.9. The zero-order valence-corrected chi connectivity index (χ0v) is 17.0. The molecule has 8 nitrogen and oxygen atoms in total. The van der Waals surface area contributed by atoms with E-state index in [2.05, 4.69) is 10.1 Å². The number of nitrogens with zero attached hydrogens (tertiary/aromatic N) is 3. The average molecular weight is 407 g/mol. The van der Waals surface area contributed by atoms with Crippen molar-refractivity contribution in [1.29, 1.82) is 0 Å². The molecule has 1 saturated heterocycles. The summed E-state index contributed by atoms with van der Waals surface area (Å²) in [5.74, 6) is 0.254. The van der Waals surface area contributed by atoms with E-state index in [-0.39, 0.29) is 16.7 Å². The van der Waals surface area contributed by atoms with Gasteiger partial charge in [-0.1, -0.05) is 18.5 Å². The van der Waals surface area contributed by atoms with Crippen molar-refractivity contribution in [1.82, 2.24) is 15.0 Å². The molecule has 2 aromatic rings. The van der Waals surface area contributed by atoms with Crippen molar-refractivity contribution in [2.75, 3.05) is 19.3 Å². The Labute approximate surface area is 165 Å². The molecule has 152 valence electrons. The summed E-state index contributed by atoms with van der Waals surface area (Å²) in [5.41, 5.74) is 6.93. The molecule has 28 heavy (non-hydrogen) atoms. The van der Waals surface area contributed by atoms with Crippen molar-refractivity contribution in [2.45, 2.75) is 49.5 Å². The summed E-state index contributed by atoms with van der Waals surface area (Å²) >= 11 is 0. The highest BCUT2D eigenvalue weighted by atomic mass is 32.2. The van der Waals surface area contributed by atoms with E-state index in [9.17, 15) is 13.2 Å². The first-order chi connectivity index (χ1) is 13.3. The van der Waals surface area contributed by atoms with E-state index in [0.29, 0.717) is 23.7 Å². The van der Waals surface area contributed by atoms with E-state index in [1.165, 1.54) is 12.1 Å². The smallest absolute Gasteiger partial charge is 0.240 e. The van der Waals surface area contributed by atoms with Gasteiger partial charge < -0.3 is 15.2 Å². The lowest BCUT2D eigenvalue weighted by molar-refractivity contribution is -0.132. The summed E-state index contributed by atoms with van der Waals surface area (Å²) in [6, 6.07) is 5.56. The second-order valence-corrected chi connectivity index (χ2v) is 9.22. The maximum absolute atomic E-state index is 12.7. The third-order valence-electron chi connectivity index (χ3n) is 5.04. The van der Waals surface area contributed by atoms with E-state index < -0.39 is 15.9 Å². The highest BCUT2D eigenvalue weighted by molar-refractivity contribution is 7.90. The van der Waals surface area contributed by atoms with Crippen LogP contribution in [0.2, 0.25) is 0 Å². The lowest BCUT2D eigenvalue weighted by Crippen LogP contribution is -2.46. The molecule has 1 aromatic heterocycles. The van der Waals surface area contributed by atoms with Crippen LogP contribution in [-0.4, -0.2) is 54.8 Å². The topological polar surface area (TPSA) is 119 Å². The van der Waals surface area contributed by atoms with E-state index in [1.807, 2.05) is 6.92 Å². The van der Waals surface area contributed by atoms with Gasteiger partial charge in [-0.05, 0) is 43.5 Å². The molecular weight excluding hydrogens is 380 g/mol. The van der Waals surface area contributed by atoms with Gasteiger partial charge in [0.05, 0.1) is 16.9 Å². The van der Waals surface area contributed by atoms with Crippen molar-refractivity contribution >= 4 is 15.7 Å². The Morgan fingerprint density at radius 3 is 2.46 bits per heavy atom. The Bertz CT molecular complexity index is 918. The summed E-state index contributed by atoms with van der Waals surface area (Å²) < 4.78 is 28.6. The fourth-order valence-electron chi connectivity index (χ4n) is 3.44. The van der Waals surface area contributed by atoms with E-state index in [0.717, 1.165) is 38.6 Å². The van der Waals surface area contributed by atoms with Crippen LogP contribution in [0.5, 0.6) is 0 Å². The van der Waals surface area contributed by atoms with Crippen LogP contribution in [0.1, 0.15) is 44.4 Å². The molecule has 1 aliphatic rings. The molecule has 1 aromatic carbocycles. The minimum Gasteiger partial charge on any atom is -0.341 e. The first kappa shape index (κ1) is 20.5. The van der Waals surface area contributed by atoms with Crippen LogP contribution >= 0.6 is 0 Å². The number of carbonyl (C=O) groups is 1. The highest BCUT2D eigenvalue weighted by Gasteiger charge is 2.33. The maximum atomic E-state index is 12.7. The number of rotatable bonds is 7. The van der Waals surface area contributed by atoms with Crippen molar-refractivity contribution < 1.29 is 17.7 Å². The molecule has 0 radical (unpaired) electrons. The van der Waals surface area contributed by atoms with Gasteiger partial charge in [-0.2, -0.15) is 4.98 Å². The molecule has 3 rings (SSSR count). The third kappa shape index (κ3) is 4.41. The van der Waals surface area contributed by atoms with Gasteiger partial charge in [0.15, 0.2) is 9.84 Å². The zero-order chi connectivity index (χ0) is 20.3. The third-order valence-corrected chi connectivity index (χ3v) is 6.16. The summed E-state index contributed by atoms with van der Waals surface area (Å²) in [6.07, 6.45) is 4.65. The van der Waals surface area contributed by atoms with Crippen LogP contribution in [0.25, 0.3) is 11.4 Å². The summed E-state index contributed by atoms with van der Waals surface area (Å²) in [7, 11) is -3.27. The van der Waals surface area contributed by atoms with Gasteiger partial charge in [-0.3, -0.25) is 4.79 Å². The molecule has 2 N–H and O–H groups in total. The highest BCUT2D eigenvalue weighted by Crippen LogP contribution is 2.27. The number of nitrogens with two attached hydrogens (primary N) is 1. The van der Waals surface area contributed by atoms with Crippen LogP contribution in [0, 0.1) is 0 Å². The molecular formula is C19H26N4O4S. The van der Waals surface area contributed by atoms with Gasteiger partial charge in [-0.15, -0.1) is 0 Å². The molecule has 1 fully saturated rings. The lowest BCUT2D eigenvalue weighted by Gasteiger charge is -2.24. The van der Waals surface area contributed by atoms with E-state index >= 15 is 0 Å². The minimum atomic E-state index is -3.27. The Hall–Kier alpha value is -2.26. The van der Waals surface area contributed by atoms with Crippen LogP contribution in [-0.2, 0) is 14.6 Å². The van der Waals surface area contributed by atoms with Gasteiger partial charge in [-0.25, -0.2) is 8.42 Å². The Kier molecular flexibility index (Phi) is 6.14. The predicted octanol–water partition coefficient (Wildman–Crippen LogP) is 1.97. The molecule has 0 saturated carbocycles. The van der Waals surface area contributed by atoms with Gasteiger partial charge in [0.25, 0.3) is 0 Å². The Balaban J connectivity index is 1.81. The SMILES string of the molecule is CCC[C@H](c1nc(-c2ccc(S(C)(=O)=O)cc2)no1)[C@H](N)C(=O)N1CCCC1. The van der Waals surface area contributed by atoms with Crippen molar-refractivity contribution in [2.24, 2.45) is 5.73 Å². The second kappa shape index (κ2) is 8.40. The zero-order valence-electron chi connectivity index (χ0n) is 16.2. The molecule has 2 atom stereocenters. The quantitative estimate of drug-likeness (QED) is 0.746. The second-order valence-electron chi connectivity index (χ2n) is 7.21. The number of likely N-dealkylation sites (tertiary alicyclic amines) is 1. The summed E-state index contributed by atoms with van der Waals surface area (Å²) in [4.78, 5) is 19.2. The van der Waals surface area contributed by atoms with E-state index in [4.69, 9.17) is 10.3 Å². The average Bonchev–Trinajstić information content (AvgIpc) is 3.36. The largest absolute Gasteiger partial charge is 0.341 e. The monoisotopic (exact) mass is 406 g/mol. The van der Waals surface area contributed by atoms with Crippen LogP contribution in [0.3, 0.4) is 0 Å². The van der Waals surface area contributed by atoms with Crippen molar-refractivity contribution in [3.8, 4) is 11.4 Å². The van der Waals surface area contributed by atoms with Crippen LogP contribution in [0.4, 0.5) is 0 Å². The van der Waals surface area contributed by atoms with Crippen LogP contribution in [0.15, 0.2) is 33.7 Å². The summed E-state index contributed by atoms with van der Waals surface area (Å²) in [5, 5.41) is 4.00. The standard InChI is InChI=1S/C19H26N4O4S/c1-3-6-15(16(20)19(24)23-11-4-5-12-23)18-21-17(22-27-18)13-7-9-14(10-8-13)28(2,25)26/h7-10,15-16H,3-6,11-12,20H2,1-2H3/t15-,16-/m0/s1. The molecule has 9 heteroatoms. The molecule has 0 spiro atoms. The first-order valence-electron chi connectivity index (χ1n) is 9.49. The predicted molar refractivity (Wildman–Crippen MR) is 104 cm³/mol. The van der Waals surface area contributed by atoms with Gasteiger partial charge >= 0.3 is 0 Å². The number of hydrogen-bond donors (Lipinski definition) is 1. The van der Waals surface area contributed by atoms with Gasteiger partial charge in [0, 0.05) is 24.9 Å². The Morgan fingerprint density at radius 2 is 1.89 bits per heavy atom. The fraction of sp³-hybridized carbons (Fsp3) is 0.526. The van der Waals surface area contributed by atoms with Gasteiger partial charge in [0.2, 0.25) is 17.6 Å². The lowest BCUT2D eigenvalue weighted by atomic mass is 9.94. The summed E-state index contributed by atoms with van der Waals surface area (Å²) in [6.45, 7) is 3.50. The number of sulfone groups is 1. The minimum absolute atomic E-state index is 0.0757. The first-order valence-corrected chi connectivity index (χ1v) is 11.4. The van der Waals surface area contributed by atoms with Crippen molar-refractivity contribution in [3.63, 3.8) is 0 Å². The fourth-order valence-corrected chi connectivity index (χ4v) is 4.07. The molecule has 2 heterocycles. The maximum Gasteiger partial charge on any atom is 0.240 e. The molecule has 0 unspecified atom stereocenters. The van der Waals surface area contributed by atoms with Crippen LogP contribution < -0.4 is 5.73 Å². The number of carbonyl (C=O) groups excluding carboxylic acids is 1. The molecule has 0 bridgehead atoms. The number of benzene rings is 1. The van der Waals surface area contributed by atoms with E-state index in [1.54, 1.807) is 17.0 Å². The van der Waals surface area contributed by atoms with Gasteiger partial charge in [0.1, 0.15) is 0 Å². The number of hydrogen-bond acceptors (Lipinski definition) is 7. The number of amides is 1. The molecule has 1 aliphatic heterocycles. The molecule has 0 aliphatic carbocycles. The van der Waals surface area contributed by atoms with Crippen molar-refractivity contribution in [3.05, 3.63) is 30.2 Å². The number of aromatic nitrogens is 2. The Morgan fingerprint density at radius 1 is 1.25 bits per heavy atom.